The summed E-state index contributed by atoms with van der Waals surface area (Å²) in [6.07, 6.45) is 3.53. The molecule has 0 unspecified atom stereocenters. The maximum Gasteiger partial charge on any atom is 0.263 e. The molecule has 8 nitrogen and oxygen atoms in total. The van der Waals surface area contributed by atoms with Crippen LogP contribution in [0.4, 0.5) is 11.8 Å². The highest BCUT2D eigenvalue weighted by Gasteiger charge is 2.18. The van der Waals surface area contributed by atoms with Crippen molar-refractivity contribution in [3.05, 3.63) is 23.1 Å². The van der Waals surface area contributed by atoms with E-state index in [0.717, 1.165) is 37.2 Å². The van der Waals surface area contributed by atoms with Crippen molar-refractivity contribution in [2.24, 2.45) is 0 Å². The van der Waals surface area contributed by atoms with E-state index in [1.54, 1.807) is 13.0 Å². The fourth-order valence-electron chi connectivity index (χ4n) is 2.70. The first-order valence-corrected chi connectivity index (χ1v) is 8.49. The van der Waals surface area contributed by atoms with Gasteiger partial charge in [0.2, 0.25) is 11.8 Å². The number of hydrogen-bond donors (Lipinski definition) is 1. The van der Waals surface area contributed by atoms with Gasteiger partial charge in [-0.2, -0.15) is 4.98 Å². The second-order valence-electron chi connectivity index (χ2n) is 6.25. The average molecular weight is 345 g/mol. The van der Waals surface area contributed by atoms with Gasteiger partial charge in [0.25, 0.3) is 5.91 Å². The van der Waals surface area contributed by atoms with Crippen LogP contribution >= 0.6 is 0 Å². The van der Waals surface area contributed by atoms with Crippen LogP contribution in [-0.2, 0) is 4.79 Å². The Kier molecular flexibility index (Phi) is 5.16. The molecule has 0 bridgehead atoms. The van der Waals surface area contributed by atoms with Crippen molar-refractivity contribution in [1.29, 1.82) is 0 Å². The van der Waals surface area contributed by atoms with Crippen LogP contribution in [0, 0.1) is 20.8 Å². The molecule has 0 aromatic carbocycles. The molecule has 1 N–H and O–H groups in total. The predicted molar refractivity (Wildman–Crippen MR) is 92.9 cm³/mol. The van der Waals surface area contributed by atoms with Gasteiger partial charge in [-0.25, -0.2) is 4.98 Å². The third-order valence-electron chi connectivity index (χ3n) is 4.21. The molecule has 1 amide bonds. The maximum absolute atomic E-state index is 12.0. The Balaban J connectivity index is 1.66. The van der Waals surface area contributed by atoms with Crippen LogP contribution in [0.1, 0.15) is 36.3 Å². The highest BCUT2D eigenvalue weighted by atomic mass is 16.5. The van der Waals surface area contributed by atoms with Gasteiger partial charge in [0, 0.05) is 30.4 Å². The van der Waals surface area contributed by atoms with Gasteiger partial charge in [-0.05, 0) is 40.0 Å². The lowest BCUT2D eigenvalue weighted by Gasteiger charge is -2.27. The number of carbonyl (C=O) groups excluding carboxylic acids is 1. The van der Waals surface area contributed by atoms with Crippen molar-refractivity contribution in [2.75, 3.05) is 29.9 Å². The molecule has 3 rings (SSSR count). The number of nitrogens with zero attached hydrogens (tertiary/aromatic N) is 4. The molecule has 3 heterocycles. The van der Waals surface area contributed by atoms with E-state index in [0.29, 0.717) is 23.4 Å². The molecule has 0 aliphatic carbocycles. The van der Waals surface area contributed by atoms with Gasteiger partial charge in [-0.1, -0.05) is 5.16 Å². The van der Waals surface area contributed by atoms with Crippen molar-refractivity contribution in [3.8, 4) is 5.88 Å². The highest BCUT2D eigenvalue weighted by molar-refractivity contribution is 5.90. The van der Waals surface area contributed by atoms with Crippen LogP contribution in [0.5, 0.6) is 5.88 Å². The minimum Gasteiger partial charge on any atom is -0.467 e. The second kappa shape index (κ2) is 7.50. The zero-order valence-corrected chi connectivity index (χ0v) is 14.8. The van der Waals surface area contributed by atoms with Gasteiger partial charge >= 0.3 is 0 Å². The highest BCUT2D eigenvalue weighted by Crippen LogP contribution is 2.23. The first kappa shape index (κ1) is 17.2. The monoisotopic (exact) mass is 345 g/mol. The van der Waals surface area contributed by atoms with Crippen LogP contribution in [0.3, 0.4) is 0 Å². The largest absolute Gasteiger partial charge is 0.467 e. The molecule has 0 saturated carbocycles. The van der Waals surface area contributed by atoms with E-state index in [1.165, 1.54) is 6.42 Å². The van der Waals surface area contributed by atoms with E-state index in [2.05, 4.69) is 25.3 Å². The number of piperidine rings is 1. The number of anilines is 2. The molecule has 8 heteroatoms. The summed E-state index contributed by atoms with van der Waals surface area (Å²) in [6.45, 7) is 7.33. The summed E-state index contributed by atoms with van der Waals surface area (Å²) in [5, 5.41) is 6.35. The standard InChI is InChI=1S/C17H23N5O3/c1-11-9-14(21-25-11)19-15(23)10-24-16-12(2)13(3)18-17(20-16)22-7-5-4-6-8-22/h9H,4-8,10H2,1-3H3,(H,19,21,23). The Hall–Kier alpha value is -2.64. The van der Waals surface area contributed by atoms with E-state index < -0.39 is 0 Å². The van der Waals surface area contributed by atoms with Crippen LogP contribution in [-0.4, -0.2) is 40.7 Å². The summed E-state index contributed by atoms with van der Waals surface area (Å²) in [7, 11) is 0. The van der Waals surface area contributed by atoms with Crippen LogP contribution in [0.25, 0.3) is 0 Å². The Morgan fingerprint density at radius 2 is 2.00 bits per heavy atom. The molecule has 0 spiro atoms. The topological polar surface area (TPSA) is 93.4 Å². The van der Waals surface area contributed by atoms with E-state index in [-0.39, 0.29) is 12.5 Å². The minimum absolute atomic E-state index is 0.150. The second-order valence-corrected chi connectivity index (χ2v) is 6.25. The predicted octanol–water partition coefficient (Wildman–Crippen LogP) is 2.40. The molecule has 1 aliphatic rings. The summed E-state index contributed by atoms with van der Waals surface area (Å²) in [6, 6.07) is 1.65. The van der Waals surface area contributed by atoms with Crippen molar-refractivity contribution in [1.82, 2.24) is 15.1 Å². The van der Waals surface area contributed by atoms with Crippen molar-refractivity contribution in [3.63, 3.8) is 0 Å². The molecule has 2 aromatic rings. The molecule has 0 radical (unpaired) electrons. The van der Waals surface area contributed by atoms with Gasteiger partial charge in [0.05, 0.1) is 0 Å². The van der Waals surface area contributed by atoms with E-state index in [1.807, 2.05) is 13.8 Å². The van der Waals surface area contributed by atoms with Crippen molar-refractivity contribution >= 4 is 17.7 Å². The number of carbonyl (C=O) groups is 1. The number of ether oxygens (including phenoxy) is 1. The number of amides is 1. The lowest BCUT2D eigenvalue weighted by atomic mass is 10.1. The lowest BCUT2D eigenvalue weighted by Crippen LogP contribution is -2.31. The summed E-state index contributed by atoms with van der Waals surface area (Å²) >= 11 is 0. The van der Waals surface area contributed by atoms with Crippen molar-refractivity contribution < 1.29 is 14.1 Å². The Bertz CT molecular complexity index is 753. The number of rotatable bonds is 5. The molecular weight excluding hydrogens is 322 g/mol. The molecular formula is C17H23N5O3. The average Bonchev–Trinajstić information content (AvgIpc) is 3.01. The third-order valence-corrected chi connectivity index (χ3v) is 4.21. The lowest BCUT2D eigenvalue weighted by molar-refractivity contribution is -0.118. The molecule has 0 atom stereocenters. The van der Waals surface area contributed by atoms with Gasteiger partial charge in [-0.3, -0.25) is 4.79 Å². The fourth-order valence-corrected chi connectivity index (χ4v) is 2.70. The van der Waals surface area contributed by atoms with E-state index in [4.69, 9.17) is 9.26 Å². The summed E-state index contributed by atoms with van der Waals surface area (Å²) in [4.78, 5) is 23.3. The summed E-state index contributed by atoms with van der Waals surface area (Å²) < 4.78 is 10.6. The Labute approximate surface area is 146 Å². The fraction of sp³-hybridized carbons (Fsp3) is 0.529. The zero-order chi connectivity index (χ0) is 17.8. The number of nitrogens with one attached hydrogen (secondary N) is 1. The third kappa shape index (κ3) is 4.26. The van der Waals surface area contributed by atoms with E-state index in [9.17, 15) is 4.79 Å². The summed E-state index contributed by atoms with van der Waals surface area (Å²) in [5.41, 5.74) is 1.70. The molecule has 1 fully saturated rings. The number of hydrogen-bond acceptors (Lipinski definition) is 7. The molecule has 1 saturated heterocycles. The zero-order valence-electron chi connectivity index (χ0n) is 14.8. The first-order valence-electron chi connectivity index (χ1n) is 8.49. The van der Waals surface area contributed by atoms with Gasteiger partial charge < -0.3 is 19.5 Å². The van der Waals surface area contributed by atoms with Gasteiger partial charge in [-0.15, -0.1) is 0 Å². The van der Waals surface area contributed by atoms with Gasteiger partial charge in [0.1, 0.15) is 5.76 Å². The molecule has 1 aliphatic heterocycles. The van der Waals surface area contributed by atoms with Gasteiger partial charge in [0.15, 0.2) is 12.4 Å². The number of aryl methyl sites for hydroxylation is 2. The normalized spacial score (nSPS) is 14.4. The quantitative estimate of drug-likeness (QED) is 0.889. The van der Waals surface area contributed by atoms with Crippen LogP contribution in [0.15, 0.2) is 10.6 Å². The molecule has 134 valence electrons. The SMILES string of the molecule is Cc1cc(NC(=O)COc2nc(N3CCCCC3)nc(C)c2C)no1. The first-order chi connectivity index (χ1) is 12.0. The van der Waals surface area contributed by atoms with Crippen LogP contribution < -0.4 is 15.0 Å². The van der Waals surface area contributed by atoms with Crippen molar-refractivity contribution in [2.45, 2.75) is 40.0 Å². The molecule has 25 heavy (non-hydrogen) atoms. The van der Waals surface area contributed by atoms with E-state index >= 15 is 0 Å². The summed E-state index contributed by atoms with van der Waals surface area (Å²) in [5.74, 6) is 1.80. The molecule has 2 aromatic heterocycles. The smallest absolute Gasteiger partial charge is 0.263 e. The maximum atomic E-state index is 12.0. The Morgan fingerprint density at radius 1 is 1.24 bits per heavy atom. The minimum atomic E-state index is -0.316. The Morgan fingerprint density at radius 3 is 2.68 bits per heavy atom. The number of aromatic nitrogens is 3. The van der Waals surface area contributed by atoms with Crippen LogP contribution in [0.2, 0.25) is 0 Å².